The Kier molecular flexibility index (Phi) is 3.96. The van der Waals surface area contributed by atoms with Crippen LogP contribution in [0.3, 0.4) is 0 Å². The van der Waals surface area contributed by atoms with Gasteiger partial charge >= 0.3 is 0 Å². The third-order valence-electron chi connectivity index (χ3n) is 3.33. The summed E-state index contributed by atoms with van der Waals surface area (Å²) in [6, 6.07) is 7.28. The van der Waals surface area contributed by atoms with Gasteiger partial charge in [0.25, 0.3) is 5.91 Å². The summed E-state index contributed by atoms with van der Waals surface area (Å²) in [4.78, 5) is 16.3. The number of halogens is 1. The minimum atomic E-state index is -0.250. The van der Waals surface area contributed by atoms with Crippen molar-refractivity contribution in [1.29, 1.82) is 0 Å². The topological polar surface area (TPSA) is 59.8 Å². The molecule has 1 aromatic carbocycles. The summed E-state index contributed by atoms with van der Waals surface area (Å²) >= 11 is 7.30. The van der Waals surface area contributed by atoms with E-state index >= 15 is 0 Å². The number of hydrogen-bond acceptors (Lipinski definition) is 4. The van der Waals surface area contributed by atoms with Crippen molar-refractivity contribution in [3.63, 3.8) is 0 Å². The molecular formula is C15H13ClN4OS. The van der Waals surface area contributed by atoms with Crippen LogP contribution >= 0.6 is 22.9 Å². The Morgan fingerprint density at radius 2 is 2.00 bits per heavy atom. The van der Waals surface area contributed by atoms with E-state index in [1.54, 1.807) is 27.7 Å². The molecule has 2 heterocycles. The van der Waals surface area contributed by atoms with Crippen LogP contribution in [0.2, 0.25) is 5.02 Å². The van der Waals surface area contributed by atoms with E-state index in [4.69, 9.17) is 11.6 Å². The first kappa shape index (κ1) is 14.7. The molecule has 0 aliphatic heterocycles. The van der Waals surface area contributed by atoms with E-state index in [0.29, 0.717) is 16.5 Å². The second-order valence-electron chi connectivity index (χ2n) is 4.78. The molecule has 0 aliphatic rings. The largest absolute Gasteiger partial charge is 0.305 e. The molecule has 0 bridgehead atoms. The highest BCUT2D eigenvalue weighted by Gasteiger charge is 2.17. The number of amides is 1. The summed E-state index contributed by atoms with van der Waals surface area (Å²) in [5.74, 6) is 0.386. The van der Waals surface area contributed by atoms with E-state index in [2.05, 4.69) is 15.4 Å². The smallest absolute Gasteiger partial charge is 0.276 e. The number of rotatable bonds is 3. The van der Waals surface area contributed by atoms with Crippen LogP contribution < -0.4 is 5.32 Å². The molecule has 3 rings (SSSR count). The van der Waals surface area contributed by atoms with Crippen molar-refractivity contribution in [3.05, 3.63) is 57.1 Å². The molecule has 5 nitrogen and oxygen atoms in total. The van der Waals surface area contributed by atoms with Gasteiger partial charge in [-0.05, 0) is 38.1 Å². The number of hydrogen-bond donors (Lipinski definition) is 1. The van der Waals surface area contributed by atoms with Gasteiger partial charge in [0, 0.05) is 16.0 Å². The van der Waals surface area contributed by atoms with E-state index < -0.39 is 0 Å². The highest BCUT2D eigenvalue weighted by molar-refractivity contribution is 7.07. The van der Waals surface area contributed by atoms with Crippen molar-refractivity contribution in [2.75, 3.05) is 5.32 Å². The van der Waals surface area contributed by atoms with Gasteiger partial charge in [-0.25, -0.2) is 9.67 Å². The van der Waals surface area contributed by atoms with Crippen LogP contribution in [0.1, 0.15) is 21.7 Å². The van der Waals surface area contributed by atoms with E-state index in [0.717, 1.165) is 16.9 Å². The fourth-order valence-corrected chi connectivity index (χ4v) is 2.68. The van der Waals surface area contributed by atoms with Gasteiger partial charge in [-0.15, -0.1) is 11.3 Å². The second-order valence-corrected chi connectivity index (χ2v) is 5.93. The Labute approximate surface area is 136 Å². The van der Waals surface area contributed by atoms with Gasteiger partial charge in [0.2, 0.25) is 0 Å². The third-order valence-corrected chi connectivity index (χ3v) is 4.17. The predicted molar refractivity (Wildman–Crippen MR) is 88.1 cm³/mol. The molecule has 0 radical (unpaired) electrons. The summed E-state index contributed by atoms with van der Waals surface area (Å²) in [6.45, 7) is 3.83. The monoisotopic (exact) mass is 332 g/mol. The normalized spacial score (nSPS) is 10.7. The van der Waals surface area contributed by atoms with Crippen LogP contribution in [0.4, 0.5) is 5.82 Å². The lowest BCUT2D eigenvalue weighted by Crippen LogP contribution is -2.16. The Bertz CT molecular complexity index is 809. The van der Waals surface area contributed by atoms with Crippen LogP contribution in [-0.2, 0) is 0 Å². The molecule has 1 N–H and O–H groups in total. The van der Waals surface area contributed by atoms with E-state index in [1.165, 1.54) is 11.3 Å². The summed E-state index contributed by atoms with van der Waals surface area (Å²) in [5.41, 5.74) is 4.62. The van der Waals surface area contributed by atoms with Gasteiger partial charge in [0.15, 0.2) is 0 Å². The molecule has 1 amide bonds. The molecule has 22 heavy (non-hydrogen) atoms. The Hall–Kier alpha value is -2.18. The van der Waals surface area contributed by atoms with Crippen LogP contribution in [0.5, 0.6) is 0 Å². The molecule has 0 aliphatic carbocycles. The van der Waals surface area contributed by atoms with Gasteiger partial charge in [0.05, 0.1) is 16.9 Å². The molecule has 0 atom stereocenters. The number of thiazole rings is 1. The fourth-order valence-electron chi connectivity index (χ4n) is 2.02. The zero-order chi connectivity index (χ0) is 15.7. The zero-order valence-electron chi connectivity index (χ0n) is 12.0. The van der Waals surface area contributed by atoms with Gasteiger partial charge in [-0.2, -0.15) is 5.10 Å². The third kappa shape index (κ3) is 2.75. The summed E-state index contributed by atoms with van der Waals surface area (Å²) in [6.07, 6.45) is 0. The van der Waals surface area contributed by atoms with E-state index in [9.17, 15) is 4.79 Å². The molecule has 3 aromatic rings. The van der Waals surface area contributed by atoms with Crippen LogP contribution in [0.25, 0.3) is 5.69 Å². The average molecular weight is 333 g/mol. The summed E-state index contributed by atoms with van der Waals surface area (Å²) in [7, 11) is 0. The van der Waals surface area contributed by atoms with Crippen LogP contribution in [-0.4, -0.2) is 20.7 Å². The zero-order valence-corrected chi connectivity index (χ0v) is 13.6. The molecule has 112 valence electrons. The quantitative estimate of drug-likeness (QED) is 0.792. The van der Waals surface area contributed by atoms with Crippen LogP contribution in [0.15, 0.2) is 35.2 Å². The van der Waals surface area contributed by atoms with Gasteiger partial charge in [0.1, 0.15) is 11.5 Å². The maximum Gasteiger partial charge on any atom is 0.276 e. The van der Waals surface area contributed by atoms with Crippen LogP contribution in [0, 0.1) is 13.8 Å². The number of benzene rings is 1. The molecule has 0 spiro atoms. The standard InChI is InChI=1S/C15H13ClN4OS/c1-9-10(2)19-20(12-5-3-11(16)4-6-12)14(9)18-15(21)13-7-22-8-17-13/h3-8H,1-2H3,(H,18,21). The number of aryl methyl sites for hydroxylation is 1. The number of carbonyl (C=O) groups excluding carboxylic acids is 1. The Morgan fingerprint density at radius 3 is 2.64 bits per heavy atom. The minimum absolute atomic E-state index is 0.250. The SMILES string of the molecule is Cc1nn(-c2ccc(Cl)cc2)c(NC(=O)c2cscn2)c1C. The maximum atomic E-state index is 12.2. The first-order valence-corrected chi connectivity index (χ1v) is 7.90. The fraction of sp³-hybridized carbons (Fsp3) is 0.133. The van der Waals surface area contributed by atoms with E-state index in [-0.39, 0.29) is 5.91 Å². The maximum absolute atomic E-state index is 12.2. The lowest BCUT2D eigenvalue weighted by atomic mass is 10.2. The first-order chi connectivity index (χ1) is 10.6. The average Bonchev–Trinajstić information content (AvgIpc) is 3.12. The lowest BCUT2D eigenvalue weighted by molar-refractivity contribution is 0.102. The number of anilines is 1. The van der Waals surface area contributed by atoms with Crippen molar-refractivity contribution in [1.82, 2.24) is 14.8 Å². The van der Waals surface area contributed by atoms with Crippen molar-refractivity contribution < 1.29 is 4.79 Å². The second kappa shape index (κ2) is 5.90. The number of carbonyl (C=O) groups is 1. The highest BCUT2D eigenvalue weighted by atomic mass is 35.5. The Morgan fingerprint density at radius 1 is 1.27 bits per heavy atom. The predicted octanol–water partition coefficient (Wildman–Crippen LogP) is 3.85. The minimum Gasteiger partial charge on any atom is -0.305 e. The van der Waals surface area contributed by atoms with Crippen molar-refractivity contribution in [2.45, 2.75) is 13.8 Å². The highest BCUT2D eigenvalue weighted by Crippen LogP contribution is 2.24. The molecule has 0 saturated carbocycles. The lowest BCUT2D eigenvalue weighted by Gasteiger charge is -2.09. The molecule has 7 heteroatoms. The number of nitrogens with zero attached hydrogens (tertiary/aromatic N) is 3. The van der Waals surface area contributed by atoms with E-state index in [1.807, 2.05) is 26.0 Å². The summed E-state index contributed by atoms with van der Waals surface area (Å²) < 4.78 is 1.70. The van der Waals surface area contributed by atoms with Crippen molar-refractivity contribution in [3.8, 4) is 5.69 Å². The van der Waals surface area contributed by atoms with Gasteiger partial charge < -0.3 is 5.32 Å². The number of nitrogens with one attached hydrogen (secondary N) is 1. The van der Waals surface area contributed by atoms with Gasteiger partial charge in [-0.1, -0.05) is 11.6 Å². The molecule has 0 saturated heterocycles. The summed E-state index contributed by atoms with van der Waals surface area (Å²) in [5, 5.41) is 9.73. The number of aromatic nitrogens is 3. The molecule has 0 unspecified atom stereocenters. The Balaban J connectivity index is 2.00. The molecule has 0 fully saturated rings. The van der Waals surface area contributed by atoms with Gasteiger partial charge in [-0.3, -0.25) is 4.79 Å². The van der Waals surface area contributed by atoms with Crippen molar-refractivity contribution in [2.24, 2.45) is 0 Å². The molecular weight excluding hydrogens is 320 g/mol. The van der Waals surface area contributed by atoms with Crippen molar-refractivity contribution >= 4 is 34.7 Å². The first-order valence-electron chi connectivity index (χ1n) is 6.58. The molecule has 2 aromatic heterocycles.